The first kappa shape index (κ1) is 16.8. The van der Waals surface area contributed by atoms with Crippen molar-refractivity contribution < 1.29 is 23.7 Å². The highest BCUT2D eigenvalue weighted by atomic mass is 35.5. The van der Waals surface area contributed by atoms with Crippen molar-refractivity contribution in [3.05, 3.63) is 41.4 Å². The summed E-state index contributed by atoms with van der Waals surface area (Å²) in [5.41, 5.74) is 0.388. The molecule has 0 aromatic heterocycles. The molecule has 0 atom stereocenters. The number of carbonyl (C=O) groups excluding carboxylic acids is 1. The van der Waals surface area contributed by atoms with E-state index in [9.17, 15) is 4.79 Å². The highest BCUT2D eigenvalue weighted by Crippen LogP contribution is 2.37. The van der Waals surface area contributed by atoms with Crippen LogP contribution in [0.2, 0.25) is 5.02 Å². The lowest BCUT2D eigenvalue weighted by molar-refractivity contribution is 0.210. The Morgan fingerprint density at radius 1 is 0.957 bits per heavy atom. The van der Waals surface area contributed by atoms with E-state index >= 15 is 0 Å². The molecule has 0 bridgehead atoms. The maximum absolute atomic E-state index is 12.2. The minimum absolute atomic E-state index is 0.177. The van der Waals surface area contributed by atoms with Crippen LogP contribution in [0.3, 0.4) is 0 Å². The van der Waals surface area contributed by atoms with Crippen LogP contribution in [0.25, 0.3) is 0 Å². The molecule has 23 heavy (non-hydrogen) atoms. The van der Waals surface area contributed by atoms with E-state index in [1.54, 1.807) is 36.4 Å². The third-order valence-electron chi connectivity index (χ3n) is 2.98. The van der Waals surface area contributed by atoms with Gasteiger partial charge in [-0.15, -0.1) is 0 Å². The summed E-state index contributed by atoms with van der Waals surface area (Å²) < 4.78 is 20.8. The van der Waals surface area contributed by atoms with Crippen LogP contribution in [0, 0.1) is 0 Å². The lowest BCUT2D eigenvalue weighted by atomic mass is 10.3. The Balaban J connectivity index is 2.22. The van der Waals surface area contributed by atoms with Crippen LogP contribution in [0.1, 0.15) is 0 Å². The predicted octanol–water partition coefficient (Wildman–Crippen LogP) is 3.98. The van der Waals surface area contributed by atoms with Gasteiger partial charge in [-0.1, -0.05) is 17.7 Å². The third-order valence-corrected chi connectivity index (χ3v) is 3.21. The van der Waals surface area contributed by atoms with Crippen molar-refractivity contribution in [2.75, 3.05) is 26.6 Å². The van der Waals surface area contributed by atoms with Gasteiger partial charge in [-0.25, -0.2) is 4.79 Å². The molecule has 0 aliphatic carbocycles. The molecule has 0 aliphatic heterocycles. The number of para-hydroxylation sites is 1. The second-order valence-electron chi connectivity index (χ2n) is 4.35. The molecule has 0 spiro atoms. The highest BCUT2D eigenvalue weighted by Gasteiger charge is 2.17. The van der Waals surface area contributed by atoms with E-state index in [0.717, 1.165) is 0 Å². The molecule has 122 valence electrons. The lowest BCUT2D eigenvalue weighted by Crippen LogP contribution is -2.18. The largest absolute Gasteiger partial charge is 0.495 e. The molecule has 0 heterocycles. The van der Waals surface area contributed by atoms with Gasteiger partial charge in [0.15, 0.2) is 11.5 Å². The first-order chi connectivity index (χ1) is 11.1. The fourth-order valence-corrected chi connectivity index (χ4v) is 2.10. The summed E-state index contributed by atoms with van der Waals surface area (Å²) in [7, 11) is 4.43. The van der Waals surface area contributed by atoms with E-state index in [4.69, 9.17) is 30.5 Å². The van der Waals surface area contributed by atoms with Gasteiger partial charge in [0.05, 0.1) is 27.0 Å². The number of ether oxygens (including phenoxy) is 4. The minimum Gasteiger partial charge on any atom is -0.495 e. The maximum Gasteiger partial charge on any atom is 0.417 e. The van der Waals surface area contributed by atoms with Gasteiger partial charge < -0.3 is 18.9 Å². The van der Waals surface area contributed by atoms with Crippen molar-refractivity contribution in [1.29, 1.82) is 0 Å². The molecule has 0 radical (unpaired) electrons. The summed E-state index contributed by atoms with van der Waals surface area (Å²) in [5, 5.41) is 3.03. The Kier molecular flexibility index (Phi) is 5.54. The molecule has 0 unspecified atom stereocenters. The molecule has 0 aliphatic rings. The van der Waals surface area contributed by atoms with Gasteiger partial charge in [0, 0.05) is 5.02 Å². The predicted molar refractivity (Wildman–Crippen MR) is 87.2 cm³/mol. The van der Waals surface area contributed by atoms with Crippen LogP contribution < -0.4 is 24.3 Å². The van der Waals surface area contributed by atoms with E-state index in [0.29, 0.717) is 28.0 Å². The lowest BCUT2D eigenvalue weighted by Gasteiger charge is -2.14. The van der Waals surface area contributed by atoms with E-state index in [1.807, 2.05) is 0 Å². The SMILES string of the molecule is COc1ccc(Cl)cc1NC(=O)Oc1c(OC)cccc1OC. The van der Waals surface area contributed by atoms with Crippen LogP contribution in [-0.4, -0.2) is 27.4 Å². The van der Waals surface area contributed by atoms with Crippen molar-refractivity contribution >= 4 is 23.4 Å². The zero-order chi connectivity index (χ0) is 16.8. The second-order valence-corrected chi connectivity index (χ2v) is 4.79. The van der Waals surface area contributed by atoms with Crippen molar-refractivity contribution in [2.24, 2.45) is 0 Å². The van der Waals surface area contributed by atoms with Crippen LogP contribution in [0.5, 0.6) is 23.0 Å². The maximum atomic E-state index is 12.2. The fraction of sp³-hybridized carbons (Fsp3) is 0.188. The van der Waals surface area contributed by atoms with Gasteiger partial charge in [-0.05, 0) is 30.3 Å². The molecule has 7 heteroatoms. The van der Waals surface area contributed by atoms with Crippen molar-refractivity contribution in [1.82, 2.24) is 0 Å². The normalized spacial score (nSPS) is 9.91. The molecular weight excluding hydrogens is 322 g/mol. The van der Waals surface area contributed by atoms with E-state index < -0.39 is 6.09 Å². The number of hydrogen-bond donors (Lipinski definition) is 1. The highest BCUT2D eigenvalue weighted by molar-refractivity contribution is 6.31. The molecule has 2 rings (SSSR count). The topological polar surface area (TPSA) is 66.0 Å². The number of carbonyl (C=O) groups is 1. The van der Waals surface area contributed by atoms with Crippen LogP contribution in [-0.2, 0) is 0 Å². The van der Waals surface area contributed by atoms with Crippen molar-refractivity contribution in [3.63, 3.8) is 0 Å². The standard InChI is InChI=1S/C16H16ClNO5/c1-20-12-8-7-10(17)9-11(12)18-16(19)23-15-13(21-2)5-4-6-14(15)22-3/h4-9H,1-3H3,(H,18,19). The number of methoxy groups -OCH3 is 3. The van der Waals surface area contributed by atoms with Gasteiger partial charge in [0.25, 0.3) is 0 Å². The number of amides is 1. The molecule has 2 aromatic carbocycles. The Morgan fingerprint density at radius 2 is 1.57 bits per heavy atom. The summed E-state index contributed by atoms with van der Waals surface area (Å²) in [6.07, 6.45) is -0.728. The Labute approximate surface area is 138 Å². The van der Waals surface area contributed by atoms with Crippen molar-refractivity contribution in [2.45, 2.75) is 0 Å². The first-order valence-corrected chi connectivity index (χ1v) is 7.00. The van der Waals surface area contributed by atoms with Crippen LogP contribution >= 0.6 is 11.6 Å². The Hall–Kier alpha value is -2.60. The molecule has 2 aromatic rings. The number of anilines is 1. The number of hydrogen-bond acceptors (Lipinski definition) is 5. The van der Waals surface area contributed by atoms with E-state index in [1.165, 1.54) is 21.3 Å². The molecule has 1 amide bonds. The third kappa shape index (κ3) is 3.98. The minimum atomic E-state index is -0.728. The average Bonchev–Trinajstić information content (AvgIpc) is 2.55. The molecule has 1 N–H and O–H groups in total. The monoisotopic (exact) mass is 337 g/mol. The second kappa shape index (κ2) is 7.60. The molecular formula is C16H16ClNO5. The smallest absolute Gasteiger partial charge is 0.417 e. The molecule has 6 nitrogen and oxygen atoms in total. The zero-order valence-electron chi connectivity index (χ0n) is 12.9. The van der Waals surface area contributed by atoms with E-state index in [-0.39, 0.29) is 5.75 Å². The van der Waals surface area contributed by atoms with E-state index in [2.05, 4.69) is 5.32 Å². The average molecular weight is 338 g/mol. The Bertz CT molecular complexity index is 683. The van der Waals surface area contributed by atoms with Crippen LogP contribution in [0.4, 0.5) is 10.5 Å². The van der Waals surface area contributed by atoms with Crippen LogP contribution in [0.15, 0.2) is 36.4 Å². The number of benzene rings is 2. The van der Waals surface area contributed by atoms with Gasteiger partial charge in [0.1, 0.15) is 5.75 Å². The van der Waals surface area contributed by atoms with Gasteiger partial charge >= 0.3 is 6.09 Å². The first-order valence-electron chi connectivity index (χ1n) is 6.62. The Morgan fingerprint density at radius 3 is 2.13 bits per heavy atom. The number of rotatable bonds is 5. The number of nitrogens with one attached hydrogen (secondary N) is 1. The quantitative estimate of drug-likeness (QED) is 0.894. The molecule has 0 saturated carbocycles. The molecule has 0 fully saturated rings. The summed E-state index contributed by atoms with van der Waals surface area (Å²) in [6, 6.07) is 9.89. The number of halogens is 1. The summed E-state index contributed by atoms with van der Waals surface area (Å²) in [4.78, 5) is 12.2. The van der Waals surface area contributed by atoms with Gasteiger partial charge in [-0.3, -0.25) is 5.32 Å². The summed E-state index contributed by atoms with van der Waals surface area (Å²) in [5.74, 6) is 1.38. The fourth-order valence-electron chi connectivity index (χ4n) is 1.92. The summed E-state index contributed by atoms with van der Waals surface area (Å²) >= 11 is 5.93. The van der Waals surface area contributed by atoms with Gasteiger partial charge in [0.2, 0.25) is 5.75 Å². The van der Waals surface area contributed by atoms with Crippen molar-refractivity contribution in [3.8, 4) is 23.0 Å². The molecule has 0 saturated heterocycles. The van der Waals surface area contributed by atoms with Gasteiger partial charge in [-0.2, -0.15) is 0 Å². The summed E-state index contributed by atoms with van der Waals surface area (Å²) in [6.45, 7) is 0. The zero-order valence-corrected chi connectivity index (χ0v) is 13.6.